The van der Waals surface area contributed by atoms with Crippen molar-refractivity contribution in [3.05, 3.63) is 69.7 Å². The predicted octanol–water partition coefficient (Wildman–Crippen LogP) is 4.37. The number of urea groups is 1. The summed E-state index contributed by atoms with van der Waals surface area (Å²) in [5, 5.41) is 6.16. The van der Waals surface area contributed by atoms with Crippen molar-refractivity contribution in [1.29, 1.82) is 0 Å². The first-order valence-electron chi connectivity index (χ1n) is 7.46. The van der Waals surface area contributed by atoms with Crippen LogP contribution in [0.1, 0.15) is 24.1 Å². The monoisotopic (exact) mass is 377 g/mol. The molecule has 0 fully saturated rings. The molecular weight excluding hydrogens is 361 g/mol. The molecule has 5 nitrogen and oxygen atoms in total. The highest BCUT2D eigenvalue weighted by Crippen LogP contribution is 2.26. The maximum Gasteiger partial charge on any atom is 0.316 e. The van der Waals surface area contributed by atoms with E-state index in [2.05, 4.69) is 10.6 Å². The molecule has 0 aliphatic rings. The zero-order valence-electron chi connectivity index (χ0n) is 13.4. The molecule has 0 aromatic heterocycles. The summed E-state index contributed by atoms with van der Waals surface area (Å²) in [6.45, 7) is 1.86. The third-order valence-corrected chi connectivity index (χ3v) is 4.27. The van der Waals surface area contributed by atoms with Gasteiger partial charge in [0.15, 0.2) is 0 Å². The van der Waals surface area contributed by atoms with Crippen LogP contribution >= 0.6 is 23.2 Å². The molecule has 7 heteroatoms. The lowest BCUT2D eigenvalue weighted by Crippen LogP contribution is -2.24. The van der Waals surface area contributed by atoms with Crippen molar-refractivity contribution in [2.75, 3.05) is 5.32 Å². The van der Waals surface area contributed by atoms with Crippen LogP contribution in [-0.4, -0.2) is 11.9 Å². The first-order chi connectivity index (χ1) is 11.9. The van der Waals surface area contributed by atoms with Crippen molar-refractivity contribution in [3.8, 4) is 0 Å². The molecule has 130 valence electrons. The summed E-state index contributed by atoms with van der Waals surface area (Å²) in [5.41, 5.74) is 7.20. The van der Waals surface area contributed by atoms with Gasteiger partial charge in [-0.2, -0.15) is 0 Å². The second kappa shape index (κ2) is 8.55. The lowest BCUT2D eigenvalue weighted by molar-refractivity contribution is -0.117. The van der Waals surface area contributed by atoms with Crippen LogP contribution in [0.25, 0.3) is 6.08 Å². The summed E-state index contributed by atoms with van der Waals surface area (Å²) in [5.74, 6) is -0.261. The van der Waals surface area contributed by atoms with E-state index in [1.165, 1.54) is 6.08 Å². The van der Waals surface area contributed by atoms with Gasteiger partial charge in [-0.05, 0) is 42.3 Å². The predicted molar refractivity (Wildman–Crippen MR) is 102 cm³/mol. The van der Waals surface area contributed by atoms with Gasteiger partial charge >= 0.3 is 6.03 Å². The zero-order chi connectivity index (χ0) is 18.4. The molecule has 25 heavy (non-hydrogen) atoms. The number of nitrogens with two attached hydrogens (primary N) is 1. The SMILES string of the molecule is CC(NC(=O)/C=C/c1cccc(Cl)c1Cl)c1ccc(NC(N)=O)cc1. The number of carbonyl (C=O) groups excluding carboxylic acids is 2. The van der Waals surface area contributed by atoms with Crippen molar-refractivity contribution < 1.29 is 9.59 Å². The highest BCUT2D eigenvalue weighted by molar-refractivity contribution is 6.42. The largest absolute Gasteiger partial charge is 0.351 e. The van der Waals surface area contributed by atoms with Crippen LogP contribution in [0.3, 0.4) is 0 Å². The van der Waals surface area contributed by atoms with Crippen molar-refractivity contribution >= 4 is 46.9 Å². The van der Waals surface area contributed by atoms with Crippen LogP contribution in [0, 0.1) is 0 Å². The fraction of sp³-hybridized carbons (Fsp3) is 0.111. The molecule has 0 bridgehead atoms. The Hall–Kier alpha value is -2.50. The molecule has 0 saturated heterocycles. The number of benzene rings is 2. The van der Waals surface area contributed by atoms with Crippen molar-refractivity contribution in [3.63, 3.8) is 0 Å². The van der Waals surface area contributed by atoms with Gasteiger partial charge in [0.1, 0.15) is 0 Å². The first-order valence-corrected chi connectivity index (χ1v) is 8.21. The van der Waals surface area contributed by atoms with Crippen molar-refractivity contribution in [2.24, 2.45) is 5.73 Å². The van der Waals surface area contributed by atoms with Crippen LogP contribution in [0.2, 0.25) is 10.0 Å². The third-order valence-electron chi connectivity index (χ3n) is 3.43. The Labute approximate surface area is 155 Å². The number of amides is 3. The first kappa shape index (κ1) is 18.8. The number of carbonyl (C=O) groups is 2. The Morgan fingerprint density at radius 3 is 2.44 bits per heavy atom. The summed E-state index contributed by atoms with van der Waals surface area (Å²) in [4.78, 5) is 22.9. The molecule has 4 N–H and O–H groups in total. The van der Waals surface area contributed by atoms with Gasteiger partial charge in [0.25, 0.3) is 0 Å². The van der Waals surface area contributed by atoms with Gasteiger partial charge in [-0.1, -0.05) is 47.5 Å². The number of halogens is 2. The molecule has 0 heterocycles. The van der Waals surface area contributed by atoms with E-state index in [1.54, 1.807) is 48.5 Å². The second-order valence-corrected chi connectivity index (χ2v) is 6.10. The fourth-order valence-electron chi connectivity index (χ4n) is 2.16. The molecule has 2 aromatic carbocycles. The molecule has 0 saturated carbocycles. The molecule has 0 radical (unpaired) electrons. The van der Waals surface area contributed by atoms with Gasteiger partial charge < -0.3 is 16.4 Å². The van der Waals surface area contributed by atoms with E-state index in [9.17, 15) is 9.59 Å². The Bertz CT molecular complexity index is 804. The van der Waals surface area contributed by atoms with Crippen LogP contribution in [0.4, 0.5) is 10.5 Å². The molecule has 0 aliphatic carbocycles. The molecular formula is C18H17Cl2N3O2. The van der Waals surface area contributed by atoms with Gasteiger partial charge in [0.05, 0.1) is 16.1 Å². The molecule has 0 aliphatic heterocycles. The number of rotatable bonds is 5. The minimum Gasteiger partial charge on any atom is -0.351 e. The van der Waals surface area contributed by atoms with Crippen molar-refractivity contribution in [2.45, 2.75) is 13.0 Å². The molecule has 2 aromatic rings. The van der Waals surface area contributed by atoms with Gasteiger partial charge in [-0.3, -0.25) is 4.79 Å². The lowest BCUT2D eigenvalue weighted by Gasteiger charge is -2.13. The lowest BCUT2D eigenvalue weighted by atomic mass is 10.1. The van der Waals surface area contributed by atoms with Crippen LogP contribution in [0.15, 0.2) is 48.5 Å². The molecule has 3 amide bonds. The zero-order valence-corrected chi connectivity index (χ0v) is 14.9. The third kappa shape index (κ3) is 5.52. The highest BCUT2D eigenvalue weighted by atomic mass is 35.5. The maximum atomic E-state index is 12.1. The fourth-order valence-corrected chi connectivity index (χ4v) is 2.53. The minimum atomic E-state index is -0.626. The Morgan fingerprint density at radius 2 is 1.80 bits per heavy atom. The van der Waals surface area contributed by atoms with E-state index in [4.69, 9.17) is 28.9 Å². The van der Waals surface area contributed by atoms with Crippen LogP contribution < -0.4 is 16.4 Å². The minimum absolute atomic E-state index is 0.213. The maximum absolute atomic E-state index is 12.1. The van der Waals surface area contributed by atoms with Crippen LogP contribution in [0.5, 0.6) is 0 Å². The van der Waals surface area contributed by atoms with Gasteiger partial charge in [-0.25, -0.2) is 4.79 Å². The smallest absolute Gasteiger partial charge is 0.316 e. The van der Waals surface area contributed by atoms with E-state index in [0.717, 1.165) is 5.56 Å². The Morgan fingerprint density at radius 1 is 1.12 bits per heavy atom. The van der Waals surface area contributed by atoms with E-state index < -0.39 is 6.03 Å². The number of nitrogens with one attached hydrogen (secondary N) is 2. The normalized spacial score (nSPS) is 12.0. The van der Waals surface area contributed by atoms with Crippen LogP contribution in [-0.2, 0) is 4.79 Å². The van der Waals surface area contributed by atoms with Gasteiger partial charge in [-0.15, -0.1) is 0 Å². The molecule has 1 unspecified atom stereocenters. The number of primary amides is 1. The Balaban J connectivity index is 1.98. The molecule has 0 spiro atoms. The van der Waals surface area contributed by atoms with Gasteiger partial charge in [0.2, 0.25) is 5.91 Å². The highest BCUT2D eigenvalue weighted by Gasteiger charge is 2.08. The summed E-state index contributed by atoms with van der Waals surface area (Å²) in [7, 11) is 0. The quantitative estimate of drug-likeness (QED) is 0.675. The summed E-state index contributed by atoms with van der Waals surface area (Å²) in [6.07, 6.45) is 3.01. The van der Waals surface area contributed by atoms with E-state index in [-0.39, 0.29) is 11.9 Å². The Kier molecular flexibility index (Phi) is 6.44. The number of anilines is 1. The van der Waals surface area contributed by atoms with E-state index >= 15 is 0 Å². The number of hydrogen-bond acceptors (Lipinski definition) is 2. The average Bonchev–Trinajstić information content (AvgIpc) is 2.56. The number of hydrogen-bond donors (Lipinski definition) is 3. The summed E-state index contributed by atoms with van der Waals surface area (Å²) < 4.78 is 0. The van der Waals surface area contributed by atoms with Crippen molar-refractivity contribution in [1.82, 2.24) is 5.32 Å². The standard InChI is InChI=1S/C18H17Cl2N3O2/c1-11(12-5-8-14(9-6-12)23-18(21)25)22-16(24)10-7-13-3-2-4-15(19)17(13)20/h2-11H,1H3,(H,22,24)(H3,21,23,25)/b10-7+. The van der Waals surface area contributed by atoms with Gasteiger partial charge in [0, 0.05) is 11.8 Å². The molecule has 2 rings (SSSR count). The van der Waals surface area contributed by atoms with E-state index in [1.807, 2.05) is 6.92 Å². The average molecular weight is 378 g/mol. The topological polar surface area (TPSA) is 84.2 Å². The summed E-state index contributed by atoms with van der Waals surface area (Å²) >= 11 is 12.0. The second-order valence-electron chi connectivity index (χ2n) is 5.32. The molecule has 1 atom stereocenters. The summed E-state index contributed by atoms with van der Waals surface area (Å²) in [6, 6.07) is 11.4. The van der Waals surface area contributed by atoms with E-state index in [0.29, 0.717) is 21.3 Å².